The van der Waals surface area contributed by atoms with Crippen molar-refractivity contribution in [1.29, 1.82) is 0 Å². The molecule has 0 saturated carbocycles. The van der Waals surface area contributed by atoms with Crippen molar-refractivity contribution in [2.24, 2.45) is 5.41 Å². The van der Waals surface area contributed by atoms with E-state index in [1.807, 2.05) is 0 Å². The van der Waals surface area contributed by atoms with Crippen molar-refractivity contribution in [3.05, 3.63) is 0 Å². The molecule has 0 aromatic rings. The van der Waals surface area contributed by atoms with Crippen molar-refractivity contribution in [3.63, 3.8) is 0 Å². The first-order valence-corrected chi connectivity index (χ1v) is 5.06. The quantitative estimate of drug-likeness (QED) is 0.421. The van der Waals surface area contributed by atoms with Crippen LogP contribution in [0.25, 0.3) is 0 Å². The van der Waals surface area contributed by atoms with Gasteiger partial charge in [0.1, 0.15) is 6.29 Å². The SMILES string of the molecule is CCC(C)(C)CCCCCC=O. The van der Waals surface area contributed by atoms with E-state index in [0.29, 0.717) is 5.41 Å². The van der Waals surface area contributed by atoms with Gasteiger partial charge in [0.05, 0.1) is 0 Å². The van der Waals surface area contributed by atoms with Gasteiger partial charge in [-0.25, -0.2) is 0 Å². The zero-order valence-electron chi connectivity index (χ0n) is 8.73. The number of carbonyl (C=O) groups is 1. The second-order valence-corrected chi connectivity index (χ2v) is 4.28. The first kappa shape index (κ1) is 11.7. The number of unbranched alkanes of at least 4 members (excludes halogenated alkanes) is 3. The molecule has 0 rings (SSSR count). The van der Waals surface area contributed by atoms with Gasteiger partial charge in [0.2, 0.25) is 0 Å². The molecule has 0 N–H and O–H groups in total. The molecule has 1 nitrogen and oxygen atoms in total. The maximum Gasteiger partial charge on any atom is 0.119 e. The van der Waals surface area contributed by atoms with Gasteiger partial charge in [-0.05, 0) is 18.3 Å². The summed E-state index contributed by atoms with van der Waals surface area (Å²) in [6.07, 6.45) is 7.86. The monoisotopic (exact) mass is 170 g/mol. The summed E-state index contributed by atoms with van der Waals surface area (Å²) in [5.41, 5.74) is 0.501. The van der Waals surface area contributed by atoms with Gasteiger partial charge >= 0.3 is 0 Å². The van der Waals surface area contributed by atoms with E-state index in [1.54, 1.807) is 0 Å². The number of hydrogen-bond acceptors (Lipinski definition) is 1. The number of carbonyl (C=O) groups excluding carboxylic acids is 1. The normalized spacial score (nSPS) is 11.6. The summed E-state index contributed by atoms with van der Waals surface area (Å²) in [4.78, 5) is 10.0. The molecular formula is C11H22O. The van der Waals surface area contributed by atoms with Gasteiger partial charge in [-0.15, -0.1) is 0 Å². The minimum atomic E-state index is 0.501. The van der Waals surface area contributed by atoms with Crippen LogP contribution in [0, 0.1) is 5.41 Å². The van der Waals surface area contributed by atoms with Crippen LogP contribution in [0.5, 0.6) is 0 Å². The van der Waals surface area contributed by atoms with E-state index in [1.165, 1.54) is 25.7 Å². The molecule has 0 amide bonds. The molecule has 0 aliphatic heterocycles. The lowest BCUT2D eigenvalue weighted by Crippen LogP contribution is -2.08. The summed E-state index contributed by atoms with van der Waals surface area (Å²) in [7, 11) is 0. The molecule has 0 unspecified atom stereocenters. The Labute approximate surface area is 76.6 Å². The van der Waals surface area contributed by atoms with E-state index < -0.39 is 0 Å². The van der Waals surface area contributed by atoms with Gasteiger partial charge in [-0.3, -0.25) is 0 Å². The van der Waals surface area contributed by atoms with Crippen LogP contribution in [-0.2, 0) is 4.79 Å². The number of rotatable bonds is 7. The average Bonchev–Trinajstić information content (AvgIpc) is 2.04. The van der Waals surface area contributed by atoms with Crippen molar-refractivity contribution in [2.45, 2.75) is 59.3 Å². The maximum absolute atomic E-state index is 10.0. The van der Waals surface area contributed by atoms with Crippen LogP contribution in [-0.4, -0.2) is 6.29 Å². The Morgan fingerprint density at radius 2 is 1.83 bits per heavy atom. The molecule has 0 saturated heterocycles. The van der Waals surface area contributed by atoms with Crippen molar-refractivity contribution in [3.8, 4) is 0 Å². The number of aldehydes is 1. The molecule has 12 heavy (non-hydrogen) atoms. The van der Waals surface area contributed by atoms with Gasteiger partial charge in [0.15, 0.2) is 0 Å². The Kier molecular flexibility index (Phi) is 6.04. The van der Waals surface area contributed by atoms with Crippen molar-refractivity contribution in [2.75, 3.05) is 0 Å². The summed E-state index contributed by atoms with van der Waals surface area (Å²) in [6.45, 7) is 6.87. The van der Waals surface area contributed by atoms with E-state index >= 15 is 0 Å². The molecule has 0 fully saturated rings. The highest BCUT2D eigenvalue weighted by Crippen LogP contribution is 2.26. The van der Waals surface area contributed by atoms with Gasteiger partial charge < -0.3 is 4.79 Å². The first-order valence-electron chi connectivity index (χ1n) is 5.06. The number of hydrogen-bond donors (Lipinski definition) is 0. The molecular weight excluding hydrogens is 148 g/mol. The third kappa shape index (κ3) is 6.38. The second kappa shape index (κ2) is 6.22. The molecule has 0 spiro atoms. The van der Waals surface area contributed by atoms with Crippen molar-refractivity contribution in [1.82, 2.24) is 0 Å². The zero-order chi connectivity index (χ0) is 9.45. The summed E-state index contributed by atoms with van der Waals surface area (Å²) in [5, 5.41) is 0. The fourth-order valence-electron chi connectivity index (χ4n) is 1.18. The molecule has 0 atom stereocenters. The first-order chi connectivity index (χ1) is 5.62. The van der Waals surface area contributed by atoms with E-state index in [0.717, 1.165) is 19.1 Å². The van der Waals surface area contributed by atoms with Gasteiger partial charge in [0, 0.05) is 6.42 Å². The second-order valence-electron chi connectivity index (χ2n) is 4.28. The minimum Gasteiger partial charge on any atom is -0.303 e. The van der Waals surface area contributed by atoms with Crippen LogP contribution in [0.2, 0.25) is 0 Å². The highest BCUT2D eigenvalue weighted by molar-refractivity contribution is 5.48. The molecule has 72 valence electrons. The summed E-state index contributed by atoms with van der Waals surface area (Å²) in [6, 6.07) is 0. The largest absolute Gasteiger partial charge is 0.303 e. The van der Waals surface area contributed by atoms with Crippen LogP contribution in [0.15, 0.2) is 0 Å². The Bertz CT molecular complexity index is 116. The summed E-state index contributed by atoms with van der Waals surface area (Å²) >= 11 is 0. The summed E-state index contributed by atoms with van der Waals surface area (Å²) < 4.78 is 0. The Morgan fingerprint density at radius 1 is 1.17 bits per heavy atom. The molecule has 0 aliphatic rings. The fourth-order valence-corrected chi connectivity index (χ4v) is 1.18. The van der Waals surface area contributed by atoms with Gasteiger partial charge in [0.25, 0.3) is 0 Å². The van der Waals surface area contributed by atoms with Crippen LogP contribution in [0.1, 0.15) is 59.3 Å². The predicted molar refractivity (Wildman–Crippen MR) is 53.2 cm³/mol. The predicted octanol–water partition coefficient (Wildman–Crippen LogP) is 3.57. The third-order valence-corrected chi connectivity index (χ3v) is 2.63. The van der Waals surface area contributed by atoms with Crippen molar-refractivity contribution < 1.29 is 4.79 Å². The molecule has 1 heteroatoms. The Morgan fingerprint density at radius 3 is 2.33 bits per heavy atom. The molecule has 0 bridgehead atoms. The Hall–Kier alpha value is -0.330. The van der Waals surface area contributed by atoms with Crippen LogP contribution < -0.4 is 0 Å². The fraction of sp³-hybridized carbons (Fsp3) is 0.909. The Balaban J connectivity index is 3.24. The molecule has 0 aliphatic carbocycles. The lowest BCUT2D eigenvalue weighted by atomic mass is 9.84. The standard InChI is InChI=1S/C11H22O/c1-4-11(2,3)9-7-5-6-8-10-12/h10H,4-9H2,1-3H3. The van der Waals surface area contributed by atoms with E-state index in [4.69, 9.17) is 0 Å². The van der Waals surface area contributed by atoms with E-state index in [9.17, 15) is 4.79 Å². The molecule has 0 heterocycles. The van der Waals surface area contributed by atoms with Gasteiger partial charge in [-0.1, -0.05) is 40.0 Å². The van der Waals surface area contributed by atoms with Crippen LogP contribution in [0.3, 0.4) is 0 Å². The maximum atomic E-state index is 10.0. The van der Waals surface area contributed by atoms with Crippen LogP contribution in [0.4, 0.5) is 0 Å². The lowest BCUT2D eigenvalue weighted by molar-refractivity contribution is -0.107. The molecule has 0 radical (unpaired) electrons. The lowest BCUT2D eigenvalue weighted by Gasteiger charge is -2.21. The highest BCUT2D eigenvalue weighted by atomic mass is 16.1. The van der Waals surface area contributed by atoms with Crippen LogP contribution >= 0.6 is 0 Å². The average molecular weight is 170 g/mol. The zero-order valence-corrected chi connectivity index (χ0v) is 8.73. The van der Waals surface area contributed by atoms with E-state index in [-0.39, 0.29) is 0 Å². The molecule has 0 aromatic heterocycles. The smallest absolute Gasteiger partial charge is 0.119 e. The van der Waals surface area contributed by atoms with Gasteiger partial charge in [-0.2, -0.15) is 0 Å². The topological polar surface area (TPSA) is 17.1 Å². The summed E-state index contributed by atoms with van der Waals surface area (Å²) in [5.74, 6) is 0. The molecule has 0 aromatic carbocycles. The third-order valence-electron chi connectivity index (χ3n) is 2.63. The minimum absolute atomic E-state index is 0.501. The van der Waals surface area contributed by atoms with E-state index in [2.05, 4.69) is 20.8 Å². The van der Waals surface area contributed by atoms with Crippen molar-refractivity contribution >= 4 is 6.29 Å². The highest BCUT2D eigenvalue weighted by Gasteiger charge is 2.13.